The minimum Gasteiger partial charge on any atom is -0.481 e. The number of benzene rings is 1. The summed E-state index contributed by atoms with van der Waals surface area (Å²) in [6.07, 6.45) is 4.78. The van der Waals surface area contributed by atoms with E-state index in [9.17, 15) is 29.5 Å². The highest BCUT2D eigenvalue weighted by Crippen LogP contribution is 3.02. The molecular formula is C9H6F5NO3S. The molecule has 0 aromatic heterocycles. The van der Waals surface area contributed by atoms with Crippen molar-refractivity contribution in [2.45, 2.75) is 4.90 Å². The van der Waals surface area contributed by atoms with Crippen LogP contribution in [0.5, 0.6) is 5.75 Å². The van der Waals surface area contributed by atoms with Gasteiger partial charge in [0.15, 0.2) is 0 Å². The molecule has 10 heteroatoms. The van der Waals surface area contributed by atoms with Crippen molar-refractivity contribution in [1.29, 1.82) is 0 Å². The van der Waals surface area contributed by atoms with Crippen LogP contribution in [0.2, 0.25) is 0 Å². The predicted octanol–water partition coefficient (Wildman–Crippen LogP) is 4.26. The average molecular weight is 303 g/mol. The summed E-state index contributed by atoms with van der Waals surface area (Å²) in [6.45, 7) is -0.513. The molecule has 0 aliphatic heterocycles. The molecule has 1 rings (SSSR count). The molecule has 1 aromatic rings. The number of rotatable bonds is 4. The van der Waals surface area contributed by atoms with Gasteiger partial charge in [0.25, 0.3) is 5.69 Å². The van der Waals surface area contributed by atoms with Gasteiger partial charge in [-0.15, -0.1) is 6.42 Å². The number of nitro benzene ring substituents is 1. The van der Waals surface area contributed by atoms with E-state index in [0.717, 1.165) is 0 Å². The molecule has 0 radical (unpaired) electrons. The Morgan fingerprint density at radius 1 is 1.26 bits per heavy atom. The number of ether oxygens (including phenoxy) is 1. The zero-order valence-electron chi connectivity index (χ0n) is 8.99. The summed E-state index contributed by atoms with van der Waals surface area (Å²) in [4.78, 5) is 6.78. The second kappa shape index (κ2) is 3.74. The van der Waals surface area contributed by atoms with Crippen molar-refractivity contribution in [2.75, 3.05) is 6.61 Å². The second-order valence-electron chi connectivity index (χ2n) is 3.38. The van der Waals surface area contributed by atoms with E-state index >= 15 is 0 Å². The van der Waals surface area contributed by atoms with Crippen molar-refractivity contribution >= 4 is 15.9 Å². The summed E-state index contributed by atoms with van der Waals surface area (Å²) >= 11 is 0. The Balaban J connectivity index is 3.47. The lowest BCUT2D eigenvalue weighted by atomic mass is 10.3. The van der Waals surface area contributed by atoms with Gasteiger partial charge in [-0.3, -0.25) is 10.1 Å². The predicted molar refractivity (Wildman–Crippen MR) is 58.8 cm³/mol. The lowest BCUT2D eigenvalue weighted by molar-refractivity contribution is -0.385. The first-order valence-electron chi connectivity index (χ1n) is 4.43. The van der Waals surface area contributed by atoms with Crippen LogP contribution >= 0.6 is 10.2 Å². The van der Waals surface area contributed by atoms with Crippen LogP contribution in [0.4, 0.5) is 25.1 Å². The zero-order valence-corrected chi connectivity index (χ0v) is 9.80. The maximum absolute atomic E-state index is 12.6. The summed E-state index contributed by atoms with van der Waals surface area (Å²) < 4.78 is 67.4. The minimum absolute atomic E-state index is 0.0219. The molecule has 4 nitrogen and oxygen atoms in total. The first kappa shape index (κ1) is 15.0. The number of terminal acetylenes is 1. The molecule has 0 saturated heterocycles. The van der Waals surface area contributed by atoms with Crippen molar-refractivity contribution < 1.29 is 29.1 Å². The molecule has 0 unspecified atom stereocenters. The van der Waals surface area contributed by atoms with Gasteiger partial charge in [0.05, 0.1) is 11.0 Å². The molecule has 0 aliphatic rings. The highest BCUT2D eigenvalue weighted by molar-refractivity contribution is 8.45. The van der Waals surface area contributed by atoms with Crippen molar-refractivity contribution in [3.8, 4) is 18.1 Å². The molecule has 0 bridgehead atoms. The van der Waals surface area contributed by atoms with Gasteiger partial charge in [-0.1, -0.05) is 25.3 Å². The van der Waals surface area contributed by atoms with Gasteiger partial charge >= 0.3 is 10.2 Å². The molecule has 19 heavy (non-hydrogen) atoms. The van der Waals surface area contributed by atoms with Gasteiger partial charge in [-0.25, -0.2) is 0 Å². The summed E-state index contributed by atoms with van der Waals surface area (Å²) in [7, 11) is -10.0. The molecule has 0 heterocycles. The molecule has 0 atom stereocenters. The standard InChI is InChI=1S/C9H6F5NO3S/c1-2-3-18-8-4-7(15(16)17)5-9(6-8)19(10,11,12,13)14/h1,4-6H,3H2. The van der Waals surface area contributed by atoms with Gasteiger partial charge in [-0.05, 0) is 0 Å². The first-order valence-corrected chi connectivity index (χ1v) is 6.38. The van der Waals surface area contributed by atoms with Gasteiger partial charge in [0.1, 0.15) is 17.3 Å². The van der Waals surface area contributed by atoms with Crippen LogP contribution < -0.4 is 4.74 Å². The van der Waals surface area contributed by atoms with Gasteiger partial charge in [0, 0.05) is 12.1 Å². The maximum atomic E-state index is 12.6. The van der Waals surface area contributed by atoms with E-state index in [0.29, 0.717) is 6.07 Å². The highest BCUT2D eigenvalue weighted by atomic mass is 32.5. The fourth-order valence-corrected chi connectivity index (χ4v) is 1.78. The quantitative estimate of drug-likeness (QED) is 0.361. The molecule has 0 amide bonds. The van der Waals surface area contributed by atoms with Crippen LogP contribution in [0.1, 0.15) is 0 Å². The van der Waals surface area contributed by atoms with E-state index in [1.807, 2.05) is 5.92 Å². The fraction of sp³-hybridized carbons (Fsp3) is 0.111. The second-order valence-corrected chi connectivity index (χ2v) is 5.79. The number of nitrogens with zero attached hydrogens (tertiary/aromatic N) is 1. The van der Waals surface area contributed by atoms with Crippen LogP contribution in [0.25, 0.3) is 0 Å². The van der Waals surface area contributed by atoms with Crippen molar-refractivity contribution in [3.05, 3.63) is 28.3 Å². The zero-order chi connectivity index (χ0) is 15.0. The Kier molecular flexibility index (Phi) is 2.96. The lowest BCUT2D eigenvalue weighted by Gasteiger charge is -2.40. The molecular weight excluding hydrogens is 297 g/mol. The average Bonchev–Trinajstić information content (AvgIpc) is 2.22. The first-order chi connectivity index (χ1) is 8.33. The number of hydrogen-bond acceptors (Lipinski definition) is 3. The monoisotopic (exact) mass is 303 g/mol. The maximum Gasteiger partial charge on any atom is 0.310 e. The molecule has 0 fully saturated rings. The number of non-ortho nitro benzene ring substituents is 1. The van der Waals surface area contributed by atoms with Crippen LogP contribution in [0.15, 0.2) is 23.1 Å². The molecule has 0 saturated carbocycles. The van der Waals surface area contributed by atoms with Gasteiger partial charge in [-0.2, -0.15) is 0 Å². The third-order valence-corrected chi connectivity index (χ3v) is 2.97. The SMILES string of the molecule is C#CCOc1cc([N+](=O)[O-])cc(S(F)(F)(F)(F)F)c1. The van der Waals surface area contributed by atoms with Crippen molar-refractivity contribution in [3.63, 3.8) is 0 Å². The Morgan fingerprint density at radius 3 is 2.26 bits per heavy atom. The number of halogens is 5. The van der Waals surface area contributed by atoms with E-state index in [-0.39, 0.29) is 12.1 Å². The van der Waals surface area contributed by atoms with E-state index in [4.69, 9.17) is 6.42 Å². The van der Waals surface area contributed by atoms with Gasteiger partial charge < -0.3 is 4.74 Å². The van der Waals surface area contributed by atoms with Crippen LogP contribution in [0.3, 0.4) is 0 Å². The Bertz CT molecular complexity index is 578. The Morgan fingerprint density at radius 2 is 1.84 bits per heavy atom. The highest BCUT2D eigenvalue weighted by Gasteiger charge is 2.66. The smallest absolute Gasteiger partial charge is 0.310 e. The largest absolute Gasteiger partial charge is 0.481 e. The normalized spacial score (nSPS) is 14.9. The molecule has 0 spiro atoms. The van der Waals surface area contributed by atoms with E-state index < -0.39 is 38.1 Å². The third kappa shape index (κ3) is 3.99. The van der Waals surface area contributed by atoms with E-state index in [2.05, 4.69) is 4.74 Å². The molecule has 0 N–H and O–H groups in total. The molecule has 1 aromatic carbocycles. The molecule has 0 aliphatic carbocycles. The fourth-order valence-electron chi connectivity index (χ4n) is 1.09. The lowest BCUT2D eigenvalue weighted by Crippen LogP contribution is -2.07. The van der Waals surface area contributed by atoms with Crippen LogP contribution in [-0.2, 0) is 0 Å². The topological polar surface area (TPSA) is 52.4 Å². The minimum atomic E-state index is -10.0. The third-order valence-electron chi connectivity index (χ3n) is 1.84. The van der Waals surface area contributed by atoms with Crippen molar-refractivity contribution in [2.24, 2.45) is 0 Å². The molecule has 106 valence electrons. The Hall–Kier alpha value is -2.02. The van der Waals surface area contributed by atoms with Crippen molar-refractivity contribution in [1.82, 2.24) is 0 Å². The summed E-state index contributed by atoms with van der Waals surface area (Å²) in [5, 5.41) is 10.4. The van der Waals surface area contributed by atoms with Crippen LogP contribution in [0, 0.1) is 22.5 Å². The summed E-state index contributed by atoms with van der Waals surface area (Å²) in [5.41, 5.74) is -1.17. The van der Waals surface area contributed by atoms with Crippen LogP contribution in [-0.4, -0.2) is 11.5 Å². The summed E-state index contributed by atoms with van der Waals surface area (Å²) in [5.74, 6) is 1.14. The van der Waals surface area contributed by atoms with E-state index in [1.54, 1.807) is 0 Å². The Labute approximate surface area is 104 Å². The van der Waals surface area contributed by atoms with E-state index in [1.165, 1.54) is 0 Å². The number of hydrogen-bond donors (Lipinski definition) is 0. The van der Waals surface area contributed by atoms with Gasteiger partial charge in [0.2, 0.25) is 0 Å². The number of nitro groups is 1. The summed E-state index contributed by atoms with van der Waals surface area (Å²) in [6, 6.07) is 0.306.